The molecule has 0 fully saturated rings. The molecule has 2 rings (SSSR count). The molecule has 0 heterocycles. The van der Waals surface area contributed by atoms with E-state index < -0.39 is 27.8 Å². The van der Waals surface area contributed by atoms with Gasteiger partial charge in [0.15, 0.2) is 0 Å². The van der Waals surface area contributed by atoms with Gasteiger partial charge in [-0.25, -0.2) is 12.8 Å². The van der Waals surface area contributed by atoms with E-state index in [-0.39, 0.29) is 11.7 Å². The maximum absolute atomic E-state index is 13.2. The number of carbonyl (C=O) groups excluding carboxylic acids is 1. The molecule has 0 saturated heterocycles. The van der Waals surface area contributed by atoms with Crippen LogP contribution in [0.1, 0.15) is 36.6 Å². The van der Waals surface area contributed by atoms with Crippen molar-refractivity contribution in [2.24, 2.45) is 0 Å². The molecule has 0 radical (unpaired) electrons. The number of amides is 1. The molecule has 27 heavy (non-hydrogen) atoms. The number of aryl methyl sites for hydroxylation is 2. The number of halogens is 1. The van der Waals surface area contributed by atoms with Gasteiger partial charge in [-0.3, -0.25) is 9.10 Å². The molecule has 2 aromatic carbocycles. The Bertz CT molecular complexity index is 927. The fraction of sp³-hybridized carbons (Fsp3) is 0.350. The normalized spacial score (nSPS) is 13.7. The average Bonchev–Trinajstić information content (AvgIpc) is 2.57. The molecule has 0 aliphatic heterocycles. The lowest BCUT2D eigenvalue weighted by Gasteiger charge is -2.29. The summed E-state index contributed by atoms with van der Waals surface area (Å²) in [5.41, 5.74) is 3.45. The molecule has 0 aliphatic carbocycles. The minimum atomic E-state index is -3.74. The minimum Gasteiger partial charge on any atom is -0.348 e. The second-order valence-corrected chi connectivity index (χ2v) is 8.64. The molecule has 5 nitrogen and oxygen atoms in total. The quantitative estimate of drug-likeness (QED) is 0.819. The number of hydrogen-bond acceptors (Lipinski definition) is 3. The van der Waals surface area contributed by atoms with Gasteiger partial charge in [0.1, 0.15) is 11.9 Å². The highest BCUT2D eigenvalue weighted by atomic mass is 32.2. The highest BCUT2D eigenvalue weighted by molar-refractivity contribution is 7.92. The lowest BCUT2D eigenvalue weighted by molar-refractivity contribution is -0.122. The van der Waals surface area contributed by atoms with Gasteiger partial charge in [-0.15, -0.1) is 0 Å². The van der Waals surface area contributed by atoms with E-state index in [0.717, 1.165) is 39.4 Å². The first kappa shape index (κ1) is 20.9. The van der Waals surface area contributed by atoms with Crippen molar-refractivity contribution in [3.8, 4) is 0 Å². The Morgan fingerprint density at radius 3 is 2.15 bits per heavy atom. The topological polar surface area (TPSA) is 66.5 Å². The Morgan fingerprint density at radius 2 is 1.63 bits per heavy atom. The smallest absolute Gasteiger partial charge is 0.244 e. The third-order valence-corrected chi connectivity index (χ3v) is 5.80. The lowest BCUT2D eigenvalue weighted by Crippen LogP contribution is -2.48. The Kier molecular flexibility index (Phi) is 6.26. The van der Waals surface area contributed by atoms with Crippen molar-refractivity contribution in [1.82, 2.24) is 5.32 Å². The van der Waals surface area contributed by atoms with E-state index in [1.54, 1.807) is 0 Å². The van der Waals surface area contributed by atoms with E-state index in [2.05, 4.69) is 5.32 Å². The number of anilines is 1. The summed E-state index contributed by atoms with van der Waals surface area (Å²) in [6.45, 7) is 7.36. The molecule has 2 aromatic rings. The number of carbonyl (C=O) groups is 1. The predicted molar refractivity (Wildman–Crippen MR) is 106 cm³/mol. The van der Waals surface area contributed by atoms with Crippen LogP contribution in [0, 0.1) is 19.7 Å². The average molecular weight is 392 g/mol. The molecular formula is C20H25FN2O3S. The molecule has 7 heteroatoms. The Morgan fingerprint density at radius 1 is 1.04 bits per heavy atom. The second kappa shape index (κ2) is 8.08. The van der Waals surface area contributed by atoms with Crippen LogP contribution in [0.5, 0.6) is 0 Å². The molecule has 0 spiro atoms. The van der Waals surface area contributed by atoms with Crippen LogP contribution < -0.4 is 9.62 Å². The molecular weight excluding hydrogens is 367 g/mol. The maximum Gasteiger partial charge on any atom is 0.244 e. The lowest BCUT2D eigenvalue weighted by atomic mass is 10.0. The van der Waals surface area contributed by atoms with Crippen LogP contribution in [0.15, 0.2) is 42.5 Å². The van der Waals surface area contributed by atoms with Gasteiger partial charge < -0.3 is 5.32 Å². The van der Waals surface area contributed by atoms with Gasteiger partial charge in [-0.1, -0.05) is 18.2 Å². The van der Waals surface area contributed by atoms with E-state index in [0.29, 0.717) is 0 Å². The third-order valence-electron chi connectivity index (χ3n) is 4.56. The first-order chi connectivity index (χ1) is 12.5. The molecule has 1 amide bonds. The second-order valence-electron chi connectivity index (χ2n) is 6.79. The number of nitrogens with one attached hydrogen (secondary N) is 1. The van der Waals surface area contributed by atoms with Gasteiger partial charge >= 0.3 is 0 Å². The van der Waals surface area contributed by atoms with Crippen molar-refractivity contribution in [3.63, 3.8) is 0 Å². The number of hydrogen-bond donors (Lipinski definition) is 1. The summed E-state index contributed by atoms with van der Waals surface area (Å²) in [7, 11) is -3.74. The Balaban J connectivity index is 2.24. The van der Waals surface area contributed by atoms with E-state index in [1.165, 1.54) is 19.1 Å². The minimum absolute atomic E-state index is 0.236. The SMILES string of the molecule is Cc1ccc([C@H](C)NC(=O)[C@H](C)N(c2ccc(F)cc2)S(C)(=O)=O)cc1C. The summed E-state index contributed by atoms with van der Waals surface area (Å²) in [6.07, 6.45) is 1.02. The van der Waals surface area contributed by atoms with Gasteiger partial charge in [0.05, 0.1) is 18.0 Å². The first-order valence-corrected chi connectivity index (χ1v) is 10.5. The largest absolute Gasteiger partial charge is 0.348 e. The molecule has 0 saturated carbocycles. The molecule has 146 valence electrons. The Hall–Kier alpha value is -2.41. The maximum atomic E-state index is 13.2. The van der Waals surface area contributed by atoms with Crippen LogP contribution in [0.3, 0.4) is 0 Å². The molecule has 0 bridgehead atoms. The molecule has 0 aliphatic rings. The zero-order valence-corrected chi connectivity index (χ0v) is 17.0. The van der Waals surface area contributed by atoms with Crippen molar-refractivity contribution in [3.05, 3.63) is 65.0 Å². The standard InChI is InChI=1S/C20H25FN2O3S/c1-13-6-7-17(12-14(13)2)15(3)22-20(24)16(4)23(27(5,25)26)19-10-8-18(21)9-11-19/h6-12,15-16H,1-5H3,(H,22,24)/t15-,16-/m0/s1. The fourth-order valence-corrected chi connectivity index (χ4v) is 4.02. The first-order valence-electron chi connectivity index (χ1n) is 8.63. The van der Waals surface area contributed by atoms with E-state index >= 15 is 0 Å². The van der Waals surface area contributed by atoms with Crippen LogP contribution >= 0.6 is 0 Å². The highest BCUT2D eigenvalue weighted by Gasteiger charge is 2.29. The number of nitrogens with zero attached hydrogens (tertiary/aromatic N) is 1. The fourth-order valence-electron chi connectivity index (χ4n) is 2.85. The monoisotopic (exact) mass is 392 g/mol. The summed E-state index contributed by atoms with van der Waals surface area (Å²) in [5, 5.41) is 2.86. The van der Waals surface area contributed by atoms with Gasteiger partial charge in [-0.2, -0.15) is 0 Å². The van der Waals surface area contributed by atoms with Gasteiger partial charge in [0.2, 0.25) is 15.9 Å². The number of sulfonamides is 1. The van der Waals surface area contributed by atoms with Crippen molar-refractivity contribution >= 4 is 21.6 Å². The molecule has 0 aromatic heterocycles. The zero-order valence-electron chi connectivity index (χ0n) is 16.2. The van der Waals surface area contributed by atoms with Crippen molar-refractivity contribution < 1.29 is 17.6 Å². The molecule has 1 N–H and O–H groups in total. The highest BCUT2D eigenvalue weighted by Crippen LogP contribution is 2.22. The summed E-state index contributed by atoms with van der Waals surface area (Å²) in [5.74, 6) is -0.914. The molecule has 2 atom stereocenters. The van der Waals surface area contributed by atoms with E-state index in [1.807, 2.05) is 39.0 Å². The molecule has 0 unspecified atom stereocenters. The summed E-state index contributed by atoms with van der Waals surface area (Å²) < 4.78 is 38.7. The number of rotatable bonds is 6. The van der Waals surface area contributed by atoms with Crippen LogP contribution in [0.25, 0.3) is 0 Å². The summed E-state index contributed by atoms with van der Waals surface area (Å²) in [6, 6.07) is 9.66. The zero-order chi connectivity index (χ0) is 20.4. The van der Waals surface area contributed by atoms with Crippen LogP contribution in [-0.2, 0) is 14.8 Å². The summed E-state index contributed by atoms with van der Waals surface area (Å²) in [4.78, 5) is 12.7. The van der Waals surface area contributed by atoms with Crippen LogP contribution in [0.4, 0.5) is 10.1 Å². The van der Waals surface area contributed by atoms with Gasteiger partial charge in [0.25, 0.3) is 0 Å². The summed E-state index contributed by atoms with van der Waals surface area (Å²) >= 11 is 0. The van der Waals surface area contributed by atoms with Crippen LogP contribution in [-0.4, -0.2) is 26.6 Å². The van der Waals surface area contributed by atoms with Crippen molar-refractivity contribution in [2.45, 2.75) is 39.8 Å². The van der Waals surface area contributed by atoms with Gasteiger partial charge in [0, 0.05) is 0 Å². The van der Waals surface area contributed by atoms with Crippen molar-refractivity contribution in [1.29, 1.82) is 0 Å². The van der Waals surface area contributed by atoms with Crippen LogP contribution in [0.2, 0.25) is 0 Å². The predicted octanol–water partition coefficient (Wildman–Crippen LogP) is 3.47. The third kappa shape index (κ3) is 5.07. The van der Waals surface area contributed by atoms with Crippen molar-refractivity contribution in [2.75, 3.05) is 10.6 Å². The van der Waals surface area contributed by atoms with E-state index in [9.17, 15) is 17.6 Å². The Labute approximate surface area is 160 Å². The van der Waals surface area contributed by atoms with Gasteiger partial charge in [-0.05, 0) is 68.7 Å². The number of benzene rings is 2. The van der Waals surface area contributed by atoms with E-state index in [4.69, 9.17) is 0 Å².